The van der Waals surface area contributed by atoms with Crippen LogP contribution in [-0.2, 0) is 11.3 Å². The normalized spacial score (nSPS) is 27.8. The SMILES string of the molecule is Clc1cccc(Cl)c1-c1noc(C2CC2)c1COC1CC2(CCNC2)C1. The van der Waals surface area contributed by atoms with Gasteiger partial charge in [0.1, 0.15) is 11.5 Å². The second-order valence-electron chi connectivity index (χ2n) is 8.01. The molecule has 2 aliphatic carbocycles. The Balaban J connectivity index is 1.38. The van der Waals surface area contributed by atoms with E-state index in [4.69, 9.17) is 32.5 Å². The van der Waals surface area contributed by atoms with E-state index in [1.165, 1.54) is 6.42 Å². The van der Waals surface area contributed by atoms with Crippen LogP contribution in [0.5, 0.6) is 0 Å². The molecule has 138 valence electrons. The van der Waals surface area contributed by atoms with E-state index in [1.54, 1.807) is 0 Å². The zero-order chi connectivity index (χ0) is 17.7. The van der Waals surface area contributed by atoms with Gasteiger partial charge in [-0.2, -0.15) is 0 Å². The molecule has 2 aromatic rings. The first-order valence-corrected chi connectivity index (χ1v) is 10.2. The summed E-state index contributed by atoms with van der Waals surface area (Å²) in [6.45, 7) is 2.79. The van der Waals surface area contributed by atoms with E-state index >= 15 is 0 Å². The molecule has 6 heteroatoms. The molecule has 1 aliphatic heterocycles. The van der Waals surface area contributed by atoms with Crippen LogP contribution in [0.25, 0.3) is 11.3 Å². The van der Waals surface area contributed by atoms with Crippen molar-refractivity contribution in [1.29, 1.82) is 0 Å². The Labute approximate surface area is 163 Å². The Bertz CT molecular complexity index is 797. The zero-order valence-corrected chi connectivity index (χ0v) is 16.1. The molecular formula is C20H22Cl2N2O2. The summed E-state index contributed by atoms with van der Waals surface area (Å²) in [7, 11) is 0. The summed E-state index contributed by atoms with van der Waals surface area (Å²) in [6.07, 6.45) is 6.19. The first-order valence-electron chi connectivity index (χ1n) is 9.40. The standard InChI is InChI=1S/C20H22Cl2N2O2/c21-15-2-1-3-16(22)17(15)18-14(19(26-24-18)12-4-5-12)10-25-13-8-20(9-13)6-7-23-11-20/h1-3,12-13,23H,4-11H2. The van der Waals surface area contributed by atoms with Gasteiger partial charge in [-0.1, -0.05) is 34.4 Å². The molecule has 1 saturated heterocycles. The number of nitrogens with zero attached hydrogens (tertiary/aromatic N) is 1. The van der Waals surface area contributed by atoms with E-state index in [1.807, 2.05) is 18.2 Å². The Morgan fingerprint density at radius 1 is 1.23 bits per heavy atom. The monoisotopic (exact) mass is 392 g/mol. The first kappa shape index (κ1) is 17.1. The Hall–Kier alpha value is -1.07. The minimum Gasteiger partial charge on any atom is -0.373 e. The number of benzene rings is 1. The number of ether oxygens (including phenoxy) is 1. The minimum atomic E-state index is 0.325. The predicted molar refractivity (Wildman–Crippen MR) is 102 cm³/mol. The van der Waals surface area contributed by atoms with Crippen molar-refractivity contribution in [3.63, 3.8) is 0 Å². The topological polar surface area (TPSA) is 47.3 Å². The summed E-state index contributed by atoms with van der Waals surface area (Å²) in [5.74, 6) is 1.41. The number of rotatable bonds is 5. The number of hydrogen-bond donors (Lipinski definition) is 1. The third-order valence-electron chi connectivity index (χ3n) is 6.08. The van der Waals surface area contributed by atoms with E-state index in [-0.39, 0.29) is 0 Å². The van der Waals surface area contributed by atoms with Gasteiger partial charge in [-0.05, 0) is 56.2 Å². The molecule has 0 unspecified atom stereocenters. The van der Waals surface area contributed by atoms with Crippen molar-refractivity contribution in [2.75, 3.05) is 13.1 Å². The fourth-order valence-electron chi connectivity index (χ4n) is 4.42. The van der Waals surface area contributed by atoms with Crippen LogP contribution in [0.4, 0.5) is 0 Å². The second-order valence-corrected chi connectivity index (χ2v) is 8.83. The van der Waals surface area contributed by atoms with Crippen molar-refractivity contribution in [2.45, 2.75) is 50.7 Å². The molecule has 1 spiro atoms. The molecule has 2 saturated carbocycles. The van der Waals surface area contributed by atoms with Gasteiger partial charge in [0.15, 0.2) is 0 Å². The highest BCUT2D eigenvalue weighted by atomic mass is 35.5. The van der Waals surface area contributed by atoms with E-state index in [9.17, 15) is 0 Å². The number of aromatic nitrogens is 1. The Morgan fingerprint density at radius 3 is 2.65 bits per heavy atom. The number of hydrogen-bond acceptors (Lipinski definition) is 4. The van der Waals surface area contributed by atoms with Gasteiger partial charge in [0.25, 0.3) is 0 Å². The smallest absolute Gasteiger partial charge is 0.145 e. The molecule has 3 aliphatic rings. The molecule has 26 heavy (non-hydrogen) atoms. The van der Waals surface area contributed by atoms with Gasteiger partial charge >= 0.3 is 0 Å². The third-order valence-corrected chi connectivity index (χ3v) is 6.71. The number of nitrogens with one attached hydrogen (secondary N) is 1. The second kappa shape index (κ2) is 6.52. The maximum absolute atomic E-state index is 6.41. The predicted octanol–water partition coefficient (Wildman–Crippen LogP) is 5.18. The highest BCUT2D eigenvalue weighted by molar-refractivity contribution is 6.39. The Morgan fingerprint density at radius 2 is 2.00 bits per heavy atom. The largest absolute Gasteiger partial charge is 0.373 e. The molecular weight excluding hydrogens is 371 g/mol. The highest BCUT2D eigenvalue weighted by Crippen LogP contribution is 2.49. The van der Waals surface area contributed by atoms with Gasteiger partial charge in [-0.3, -0.25) is 0 Å². The summed E-state index contributed by atoms with van der Waals surface area (Å²) in [5, 5.41) is 8.98. The van der Waals surface area contributed by atoms with Gasteiger partial charge in [0.2, 0.25) is 0 Å². The molecule has 0 radical (unpaired) electrons. The molecule has 4 nitrogen and oxygen atoms in total. The van der Waals surface area contributed by atoms with Gasteiger partial charge in [-0.15, -0.1) is 0 Å². The lowest BCUT2D eigenvalue weighted by molar-refractivity contribution is -0.0803. The van der Waals surface area contributed by atoms with Crippen LogP contribution in [0.15, 0.2) is 22.7 Å². The van der Waals surface area contributed by atoms with Gasteiger partial charge < -0.3 is 14.6 Å². The third kappa shape index (κ3) is 2.97. The molecule has 1 aromatic heterocycles. The fourth-order valence-corrected chi connectivity index (χ4v) is 4.99. The molecule has 1 N–H and O–H groups in total. The van der Waals surface area contributed by atoms with Crippen molar-refractivity contribution in [3.8, 4) is 11.3 Å². The van der Waals surface area contributed by atoms with E-state index in [0.717, 1.165) is 61.4 Å². The van der Waals surface area contributed by atoms with Crippen molar-refractivity contribution < 1.29 is 9.26 Å². The molecule has 5 rings (SSSR count). The molecule has 1 aromatic carbocycles. The van der Waals surface area contributed by atoms with E-state index in [2.05, 4.69) is 10.5 Å². The van der Waals surface area contributed by atoms with Crippen LogP contribution in [-0.4, -0.2) is 24.4 Å². The van der Waals surface area contributed by atoms with Crippen molar-refractivity contribution in [1.82, 2.24) is 10.5 Å². The van der Waals surface area contributed by atoms with Crippen LogP contribution in [0.3, 0.4) is 0 Å². The maximum Gasteiger partial charge on any atom is 0.145 e. The minimum absolute atomic E-state index is 0.325. The molecule has 0 amide bonds. The van der Waals surface area contributed by atoms with Crippen molar-refractivity contribution in [2.24, 2.45) is 5.41 Å². The zero-order valence-electron chi connectivity index (χ0n) is 14.6. The average molecular weight is 393 g/mol. The average Bonchev–Trinajstić information content (AvgIpc) is 3.16. The summed E-state index contributed by atoms with van der Waals surface area (Å²) >= 11 is 12.8. The molecule has 2 heterocycles. The van der Waals surface area contributed by atoms with Gasteiger partial charge in [-0.25, -0.2) is 0 Å². The van der Waals surface area contributed by atoms with Crippen LogP contribution in [0.1, 0.15) is 49.3 Å². The Kier molecular flexibility index (Phi) is 4.28. The van der Waals surface area contributed by atoms with Crippen molar-refractivity contribution in [3.05, 3.63) is 39.6 Å². The lowest BCUT2D eigenvalue weighted by Gasteiger charge is -2.44. The molecule has 0 atom stereocenters. The van der Waals surface area contributed by atoms with Crippen molar-refractivity contribution >= 4 is 23.2 Å². The number of halogens is 2. The van der Waals surface area contributed by atoms with Crippen LogP contribution < -0.4 is 5.32 Å². The fraction of sp³-hybridized carbons (Fsp3) is 0.550. The van der Waals surface area contributed by atoms with Crippen LogP contribution >= 0.6 is 23.2 Å². The van der Waals surface area contributed by atoms with E-state index < -0.39 is 0 Å². The summed E-state index contributed by atoms with van der Waals surface area (Å²) in [6, 6.07) is 5.51. The summed E-state index contributed by atoms with van der Waals surface area (Å²) in [5.41, 5.74) is 2.98. The lowest BCUT2D eigenvalue weighted by atomic mass is 9.66. The maximum atomic E-state index is 6.41. The highest BCUT2D eigenvalue weighted by Gasteiger charge is 2.46. The summed E-state index contributed by atoms with van der Waals surface area (Å²) in [4.78, 5) is 0. The lowest BCUT2D eigenvalue weighted by Crippen LogP contribution is -2.43. The van der Waals surface area contributed by atoms with Gasteiger partial charge in [0, 0.05) is 23.6 Å². The summed E-state index contributed by atoms with van der Waals surface area (Å²) < 4.78 is 12.0. The molecule has 0 bridgehead atoms. The van der Waals surface area contributed by atoms with Crippen LogP contribution in [0, 0.1) is 5.41 Å². The first-order chi connectivity index (χ1) is 12.7. The van der Waals surface area contributed by atoms with Gasteiger partial charge in [0.05, 0.1) is 22.8 Å². The van der Waals surface area contributed by atoms with E-state index in [0.29, 0.717) is 34.1 Å². The quantitative estimate of drug-likeness (QED) is 0.760. The van der Waals surface area contributed by atoms with Crippen LogP contribution in [0.2, 0.25) is 10.0 Å². The molecule has 3 fully saturated rings.